The summed E-state index contributed by atoms with van der Waals surface area (Å²) in [6.07, 6.45) is 8.55. The highest BCUT2D eigenvalue weighted by molar-refractivity contribution is 6.03. The van der Waals surface area contributed by atoms with Crippen LogP contribution in [-0.4, -0.2) is 38.6 Å². The molecular weight excluding hydrogens is 322 g/mol. The summed E-state index contributed by atoms with van der Waals surface area (Å²) in [5.41, 5.74) is 1.57. The van der Waals surface area contributed by atoms with Crippen LogP contribution in [0.1, 0.15) is 29.8 Å². The summed E-state index contributed by atoms with van der Waals surface area (Å²) in [4.78, 5) is 12.3. The molecule has 130 valence electrons. The van der Waals surface area contributed by atoms with Crippen molar-refractivity contribution in [2.24, 2.45) is 0 Å². The first kappa shape index (κ1) is 15.6. The number of H-pyrrole nitrogens is 1. The molecule has 8 nitrogen and oxygen atoms in total. The molecular formula is C17H19N5O3. The number of anilines is 1. The van der Waals surface area contributed by atoms with Gasteiger partial charge in [0.2, 0.25) is 0 Å². The first-order valence-corrected chi connectivity index (χ1v) is 8.32. The van der Waals surface area contributed by atoms with Crippen LogP contribution < -0.4 is 5.32 Å². The van der Waals surface area contributed by atoms with Gasteiger partial charge in [0.25, 0.3) is 5.91 Å². The molecule has 1 amide bonds. The Morgan fingerprint density at radius 2 is 2.40 bits per heavy atom. The predicted molar refractivity (Wildman–Crippen MR) is 90.1 cm³/mol. The number of aromatic nitrogens is 4. The zero-order chi connectivity index (χ0) is 17.1. The Kier molecular flexibility index (Phi) is 4.34. The van der Waals surface area contributed by atoms with Crippen molar-refractivity contribution in [2.45, 2.75) is 31.9 Å². The molecule has 0 bridgehead atoms. The normalized spacial score (nSPS) is 17.5. The number of amides is 1. The number of hydrogen-bond donors (Lipinski definition) is 2. The smallest absolute Gasteiger partial charge is 0.276 e. The average Bonchev–Trinajstić information content (AvgIpc) is 3.37. The maximum atomic E-state index is 12.3. The summed E-state index contributed by atoms with van der Waals surface area (Å²) in [6.45, 7) is 1.51. The summed E-state index contributed by atoms with van der Waals surface area (Å²) in [7, 11) is 0. The van der Waals surface area contributed by atoms with Crippen LogP contribution in [0.15, 0.2) is 41.3 Å². The van der Waals surface area contributed by atoms with E-state index in [0.29, 0.717) is 23.7 Å². The van der Waals surface area contributed by atoms with E-state index in [4.69, 9.17) is 9.15 Å². The fraction of sp³-hybridized carbons (Fsp3) is 0.353. The molecule has 2 N–H and O–H groups in total. The molecule has 0 aliphatic carbocycles. The predicted octanol–water partition coefficient (Wildman–Crippen LogP) is 2.69. The van der Waals surface area contributed by atoms with Crippen molar-refractivity contribution < 1.29 is 13.9 Å². The molecule has 1 atom stereocenters. The van der Waals surface area contributed by atoms with Gasteiger partial charge in [-0.3, -0.25) is 14.6 Å². The van der Waals surface area contributed by atoms with Crippen molar-refractivity contribution in [1.29, 1.82) is 0 Å². The van der Waals surface area contributed by atoms with Gasteiger partial charge in [0, 0.05) is 18.9 Å². The molecule has 3 aromatic heterocycles. The van der Waals surface area contributed by atoms with Crippen LogP contribution in [0, 0.1) is 0 Å². The molecule has 0 unspecified atom stereocenters. The lowest BCUT2D eigenvalue weighted by atomic mass is 10.1. The molecule has 1 saturated heterocycles. The number of hydrogen-bond acceptors (Lipinski definition) is 5. The molecule has 4 rings (SSSR count). The van der Waals surface area contributed by atoms with E-state index in [1.807, 2.05) is 0 Å². The standard InChI is InChI=1S/C17H19N5O3/c23-17(15-8-14(20-21-15)16-5-3-7-25-16)19-12-9-18-22(10-12)11-13-4-1-2-6-24-13/h3,5,7-10,13H,1-2,4,6,11H2,(H,19,23)(H,20,21)/t13-/m1/s1. The third-order valence-electron chi connectivity index (χ3n) is 4.15. The van der Waals surface area contributed by atoms with Crippen LogP contribution in [0.2, 0.25) is 0 Å². The Balaban J connectivity index is 1.38. The highest BCUT2D eigenvalue weighted by atomic mass is 16.5. The van der Waals surface area contributed by atoms with E-state index in [1.54, 1.807) is 41.5 Å². The topological polar surface area (TPSA) is 98.0 Å². The van der Waals surface area contributed by atoms with Gasteiger partial charge in [0.1, 0.15) is 5.69 Å². The first-order valence-electron chi connectivity index (χ1n) is 8.32. The molecule has 8 heteroatoms. The molecule has 3 aromatic rings. The fourth-order valence-corrected chi connectivity index (χ4v) is 2.88. The third kappa shape index (κ3) is 3.63. The van der Waals surface area contributed by atoms with E-state index in [2.05, 4.69) is 20.6 Å². The monoisotopic (exact) mass is 341 g/mol. The Hall–Kier alpha value is -2.87. The molecule has 4 heterocycles. The van der Waals surface area contributed by atoms with E-state index >= 15 is 0 Å². The van der Waals surface area contributed by atoms with Gasteiger partial charge in [-0.15, -0.1) is 0 Å². The van der Waals surface area contributed by atoms with Crippen molar-refractivity contribution in [2.75, 3.05) is 11.9 Å². The first-order chi connectivity index (χ1) is 12.3. The Morgan fingerprint density at radius 3 is 3.20 bits per heavy atom. The number of carbonyl (C=O) groups excluding carboxylic acids is 1. The Morgan fingerprint density at radius 1 is 1.44 bits per heavy atom. The van der Waals surface area contributed by atoms with Gasteiger partial charge in [0.15, 0.2) is 11.5 Å². The molecule has 0 saturated carbocycles. The van der Waals surface area contributed by atoms with Crippen LogP contribution in [0.25, 0.3) is 11.5 Å². The minimum atomic E-state index is -0.303. The number of carbonyl (C=O) groups is 1. The van der Waals surface area contributed by atoms with Gasteiger partial charge in [-0.25, -0.2) is 0 Å². The van der Waals surface area contributed by atoms with Crippen LogP contribution in [-0.2, 0) is 11.3 Å². The lowest BCUT2D eigenvalue weighted by Gasteiger charge is -2.22. The second-order valence-electron chi connectivity index (χ2n) is 6.04. The Bertz CT molecular complexity index is 830. The van der Waals surface area contributed by atoms with Gasteiger partial charge >= 0.3 is 0 Å². The minimum Gasteiger partial charge on any atom is -0.463 e. The number of nitrogens with zero attached hydrogens (tertiary/aromatic N) is 3. The maximum absolute atomic E-state index is 12.3. The molecule has 0 spiro atoms. The highest BCUT2D eigenvalue weighted by Gasteiger charge is 2.16. The van der Waals surface area contributed by atoms with Crippen LogP contribution in [0.3, 0.4) is 0 Å². The number of rotatable bonds is 5. The zero-order valence-corrected chi connectivity index (χ0v) is 13.6. The molecule has 25 heavy (non-hydrogen) atoms. The van der Waals surface area contributed by atoms with Gasteiger partial charge in [0.05, 0.1) is 30.8 Å². The summed E-state index contributed by atoms with van der Waals surface area (Å²) < 4.78 is 12.8. The second-order valence-corrected chi connectivity index (χ2v) is 6.04. The van der Waals surface area contributed by atoms with Gasteiger partial charge in [-0.2, -0.15) is 10.2 Å². The van der Waals surface area contributed by atoms with Gasteiger partial charge in [-0.05, 0) is 31.4 Å². The van der Waals surface area contributed by atoms with Crippen molar-refractivity contribution in [3.8, 4) is 11.5 Å². The van der Waals surface area contributed by atoms with E-state index < -0.39 is 0 Å². The third-order valence-corrected chi connectivity index (χ3v) is 4.15. The molecule has 1 aliphatic rings. The molecule has 0 aromatic carbocycles. The second kappa shape index (κ2) is 6.94. The summed E-state index contributed by atoms with van der Waals surface area (Å²) in [5.74, 6) is 0.328. The highest BCUT2D eigenvalue weighted by Crippen LogP contribution is 2.19. The molecule has 1 fully saturated rings. The van der Waals surface area contributed by atoms with Crippen molar-refractivity contribution in [3.05, 3.63) is 42.5 Å². The van der Waals surface area contributed by atoms with Gasteiger partial charge in [-0.1, -0.05) is 0 Å². The van der Waals surface area contributed by atoms with Crippen molar-refractivity contribution in [1.82, 2.24) is 20.0 Å². The summed E-state index contributed by atoms with van der Waals surface area (Å²) >= 11 is 0. The maximum Gasteiger partial charge on any atom is 0.276 e. The zero-order valence-electron chi connectivity index (χ0n) is 13.6. The number of ether oxygens (including phenoxy) is 1. The van der Waals surface area contributed by atoms with Crippen LogP contribution in [0.4, 0.5) is 5.69 Å². The van der Waals surface area contributed by atoms with Gasteiger partial charge < -0.3 is 14.5 Å². The fourth-order valence-electron chi connectivity index (χ4n) is 2.88. The van der Waals surface area contributed by atoms with E-state index in [9.17, 15) is 4.79 Å². The van der Waals surface area contributed by atoms with Crippen LogP contribution in [0.5, 0.6) is 0 Å². The van der Waals surface area contributed by atoms with E-state index in [0.717, 1.165) is 19.4 Å². The summed E-state index contributed by atoms with van der Waals surface area (Å²) in [6, 6.07) is 5.22. The number of aromatic amines is 1. The van der Waals surface area contributed by atoms with E-state index in [-0.39, 0.29) is 17.7 Å². The van der Waals surface area contributed by atoms with Crippen molar-refractivity contribution >= 4 is 11.6 Å². The Labute approximate surface area is 144 Å². The van der Waals surface area contributed by atoms with Crippen LogP contribution >= 0.6 is 0 Å². The quantitative estimate of drug-likeness (QED) is 0.743. The SMILES string of the molecule is O=C(Nc1cnn(C[C@H]2CCCCO2)c1)c1cc(-c2ccco2)[nH]n1. The molecule has 0 radical (unpaired) electrons. The number of furan rings is 1. The lowest BCUT2D eigenvalue weighted by molar-refractivity contribution is 0.00401. The largest absolute Gasteiger partial charge is 0.463 e. The molecule has 1 aliphatic heterocycles. The lowest BCUT2D eigenvalue weighted by Crippen LogP contribution is -2.24. The number of nitrogens with one attached hydrogen (secondary N) is 2. The average molecular weight is 341 g/mol. The summed E-state index contributed by atoms with van der Waals surface area (Å²) in [5, 5.41) is 13.9. The van der Waals surface area contributed by atoms with Crippen molar-refractivity contribution in [3.63, 3.8) is 0 Å². The van der Waals surface area contributed by atoms with E-state index in [1.165, 1.54) is 6.42 Å². The minimum absolute atomic E-state index is 0.194.